The highest BCUT2D eigenvalue weighted by molar-refractivity contribution is 5.92. The van der Waals surface area contributed by atoms with Crippen molar-refractivity contribution in [1.29, 1.82) is 0 Å². The molecule has 0 bridgehead atoms. The molecule has 3 rings (SSSR count). The smallest absolute Gasteiger partial charge is 0.335 e. The van der Waals surface area contributed by atoms with Gasteiger partial charge < -0.3 is 10.1 Å². The van der Waals surface area contributed by atoms with Gasteiger partial charge in [-0.15, -0.1) is 0 Å². The van der Waals surface area contributed by atoms with Crippen LogP contribution in [0.25, 0.3) is 10.9 Å². The number of H-pyrrole nitrogens is 1. The highest BCUT2D eigenvalue weighted by atomic mass is 19.1. The van der Waals surface area contributed by atoms with Crippen LogP contribution in [0.4, 0.5) is 8.78 Å². The number of carbonyl (C=O) groups is 1. The quantitative estimate of drug-likeness (QED) is 0.764. The molecule has 0 aliphatic carbocycles. The maximum atomic E-state index is 13.7. The first-order valence-corrected chi connectivity index (χ1v) is 6.81. The number of carboxylic acids is 1. The van der Waals surface area contributed by atoms with Gasteiger partial charge in [-0.05, 0) is 24.3 Å². The average Bonchev–Trinajstić information content (AvgIpc) is 2.52. The molecule has 0 unspecified atom stereocenters. The molecule has 6 nitrogen and oxygen atoms in total. The van der Waals surface area contributed by atoms with Crippen LogP contribution in [0.1, 0.15) is 15.9 Å². The number of aromatic nitrogens is 2. The number of nitrogens with one attached hydrogen (secondary N) is 1. The molecule has 0 aliphatic heterocycles. The number of rotatable bonds is 3. The Bertz CT molecular complexity index is 1090. The van der Waals surface area contributed by atoms with Gasteiger partial charge in [0.2, 0.25) is 0 Å². The highest BCUT2D eigenvalue weighted by Gasteiger charge is 2.13. The van der Waals surface area contributed by atoms with E-state index >= 15 is 0 Å². The molecule has 1 heterocycles. The third kappa shape index (κ3) is 2.69. The number of benzene rings is 2. The summed E-state index contributed by atoms with van der Waals surface area (Å²) in [7, 11) is 0. The second-order valence-electron chi connectivity index (χ2n) is 5.12. The van der Waals surface area contributed by atoms with E-state index in [1.165, 1.54) is 18.2 Å². The van der Waals surface area contributed by atoms with E-state index in [1.807, 2.05) is 0 Å². The largest absolute Gasteiger partial charge is 0.478 e. The zero-order chi connectivity index (χ0) is 17.4. The van der Waals surface area contributed by atoms with Gasteiger partial charge in [0, 0.05) is 11.6 Å². The molecule has 0 spiro atoms. The summed E-state index contributed by atoms with van der Waals surface area (Å²) in [5, 5.41) is 9.02. The van der Waals surface area contributed by atoms with Gasteiger partial charge in [0.1, 0.15) is 11.6 Å². The molecule has 0 radical (unpaired) electrons. The van der Waals surface area contributed by atoms with Crippen molar-refractivity contribution < 1.29 is 18.7 Å². The lowest BCUT2D eigenvalue weighted by Gasteiger charge is -2.08. The molecular formula is C16H10F2N2O4. The van der Waals surface area contributed by atoms with Crippen molar-refractivity contribution in [3.63, 3.8) is 0 Å². The molecule has 0 amide bonds. The van der Waals surface area contributed by atoms with Gasteiger partial charge in [0.05, 0.1) is 23.0 Å². The van der Waals surface area contributed by atoms with E-state index < -0.39 is 28.9 Å². The average molecular weight is 332 g/mol. The van der Waals surface area contributed by atoms with Crippen LogP contribution in [0.3, 0.4) is 0 Å². The van der Waals surface area contributed by atoms with Gasteiger partial charge in [-0.2, -0.15) is 0 Å². The van der Waals surface area contributed by atoms with E-state index in [4.69, 9.17) is 5.11 Å². The molecule has 0 fully saturated rings. The Balaban J connectivity index is 2.15. The molecular weight excluding hydrogens is 322 g/mol. The first-order valence-electron chi connectivity index (χ1n) is 6.81. The molecule has 0 aliphatic rings. The summed E-state index contributed by atoms with van der Waals surface area (Å²) in [6.45, 7) is -0.378. The fraction of sp³-hybridized carbons (Fsp3) is 0.0625. The zero-order valence-corrected chi connectivity index (χ0v) is 12.0. The number of aromatic amines is 1. The molecule has 0 saturated heterocycles. The lowest BCUT2D eigenvalue weighted by Crippen LogP contribution is -2.35. The van der Waals surface area contributed by atoms with Gasteiger partial charge in [0.15, 0.2) is 0 Å². The number of halogens is 2. The Hall–Kier alpha value is -3.29. The van der Waals surface area contributed by atoms with E-state index in [0.29, 0.717) is 6.07 Å². The maximum Gasteiger partial charge on any atom is 0.335 e. The fourth-order valence-electron chi connectivity index (χ4n) is 2.35. The predicted molar refractivity (Wildman–Crippen MR) is 81.2 cm³/mol. The van der Waals surface area contributed by atoms with Gasteiger partial charge in [-0.25, -0.2) is 18.4 Å². The number of fused-ring (bicyclic) bond motifs is 1. The van der Waals surface area contributed by atoms with Crippen molar-refractivity contribution in [3.05, 3.63) is 80.0 Å². The molecule has 3 aromatic rings. The summed E-state index contributed by atoms with van der Waals surface area (Å²) >= 11 is 0. The Morgan fingerprint density at radius 2 is 1.88 bits per heavy atom. The van der Waals surface area contributed by atoms with E-state index in [-0.39, 0.29) is 28.6 Å². The summed E-state index contributed by atoms with van der Waals surface area (Å²) in [6.07, 6.45) is 0. The fourth-order valence-corrected chi connectivity index (χ4v) is 2.35. The third-order valence-electron chi connectivity index (χ3n) is 3.57. The molecule has 2 N–H and O–H groups in total. The third-order valence-corrected chi connectivity index (χ3v) is 3.57. The standard InChI is InChI=1S/C16H10F2N2O4/c17-10-3-1-9(12(18)6-10)7-20-14(21)11-4-2-8(15(22)23)5-13(11)19-16(20)24/h1-6H,7H2,(H,19,24)(H,22,23). The number of hydrogen-bond donors (Lipinski definition) is 2. The number of aromatic carboxylic acids is 1. The van der Waals surface area contributed by atoms with Crippen molar-refractivity contribution in [3.8, 4) is 0 Å². The topological polar surface area (TPSA) is 92.2 Å². The van der Waals surface area contributed by atoms with Crippen LogP contribution in [-0.4, -0.2) is 20.6 Å². The molecule has 1 aromatic heterocycles. The van der Waals surface area contributed by atoms with Crippen molar-refractivity contribution in [2.24, 2.45) is 0 Å². The first-order chi connectivity index (χ1) is 11.4. The molecule has 0 saturated carbocycles. The summed E-state index contributed by atoms with van der Waals surface area (Å²) in [5.41, 5.74) is -1.56. The Morgan fingerprint density at radius 3 is 2.54 bits per heavy atom. The van der Waals surface area contributed by atoms with E-state index in [2.05, 4.69) is 4.98 Å². The summed E-state index contributed by atoms with van der Waals surface area (Å²) in [6, 6.07) is 6.51. The van der Waals surface area contributed by atoms with E-state index in [0.717, 1.165) is 16.7 Å². The summed E-state index contributed by atoms with van der Waals surface area (Å²) < 4.78 is 27.4. The SMILES string of the molecule is O=C(O)c1ccc2c(=O)n(Cc3ccc(F)cc3F)c(=O)[nH]c2c1. The minimum absolute atomic E-state index is 0.0227. The van der Waals surface area contributed by atoms with Crippen molar-refractivity contribution in [1.82, 2.24) is 9.55 Å². The van der Waals surface area contributed by atoms with Crippen molar-refractivity contribution in [2.75, 3.05) is 0 Å². The van der Waals surface area contributed by atoms with Crippen LogP contribution in [0.5, 0.6) is 0 Å². The van der Waals surface area contributed by atoms with Gasteiger partial charge in [0.25, 0.3) is 5.56 Å². The van der Waals surface area contributed by atoms with Crippen LogP contribution >= 0.6 is 0 Å². The monoisotopic (exact) mass is 332 g/mol. The zero-order valence-electron chi connectivity index (χ0n) is 12.0. The van der Waals surface area contributed by atoms with Crippen LogP contribution in [0.2, 0.25) is 0 Å². The predicted octanol–water partition coefficient (Wildman–Crippen LogP) is 1.71. The lowest BCUT2D eigenvalue weighted by atomic mass is 10.1. The van der Waals surface area contributed by atoms with Gasteiger partial charge >= 0.3 is 11.7 Å². The van der Waals surface area contributed by atoms with Crippen molar-refractivity contribution in [2.45, 2.75) is 6.54 Å². The molecule has 8 heteroatoms. The minimum Gasteiger partial charge on any atom is -0.478 e. The van der Waals surface area contributed by atoms with Crippen LogP contribution in [-0.2, 0) is 6.54 Å². The normalized spacial score (nSPS) is 10.9. The van der Waals surface area contributed by atoms with Crippen LogP contribution in [0.15, 0.2) is 46.0 Å². The van der Waals surface area contributed by atoms with Crippen LogP contribution < -0.4 is 11.2 Å². The number of nitrogens with zero attached hydrogens (tertiary/aromatic N) is 1. The number of carboxylic acid groups (broad SMARTS) is 1. The molecule has 0 atom stereocenters. The van der Waals surface area contributed by atoms with Gasteiger partial charge in [-0.1, -0.05) is 6.07 Å². The second-order valence-corrected chi connectivity index (χ2v) is 5.12. The summed E-state index contributed by atoms with van der Waals surface area (Å²) in [5.74, 6) is -2.84. The Morgan fingerprint density at radius 1 is 1.12 bits per heavy atom. The second kappa shape index (κ2) is 5.73. The summed E-state index contributed by atoms with van der Waals surface area (Å²) in [4.78, 5) is 37.8. The minimum atomic E-state index is -1.20. The first kappa shape index (κ1) is 15.6. The lowest BCUT2D eigenvalue weighted by molar-refractivity contribution is 0.0697. The van der Waals surface area contributed by atoms with Crippen molar-refractivity contribution >= 4 is 16.9 Å². The van der Waals surface area contributed by atoms with Gasteiger partial charge in [-0.3, -0.25) is 9.36 Å². The van der Waals surface area contributed by atoms with E-state index in [1.54, 1.807) is 0 Å². The molecule has 2 aromatic carbocycles. The maximum absolute atomic E-state index is 13.7. The highest BCUT2D eigenvalue weighted by Crippen LogP contribution is 2.12. The van der Waals surface area contributed by atoms with Crippen LogP contribution in [0, 0.1) is 11.6 Å². The van der Waals surface area contributed by atoms with E-state index in [9.17, 15) is 23.2 Å². The Kier molecular flexibility index (Phi) is 3.72. The molecule has 122 valence electrons. The number of hydrogen-bond acceptors (Lipinski definition) is 3. The molecule has 24 heavy (non-hydrogen) atoms. The Labute approximate surface area is 132 Å².